The van der Waals surface area contributed by atoms with Crippen molar-refractivity contribution in [3.05, 3.63) is 35.4 Å². The third-order valence-corrected chi connectivity index (χ3v) is 8.00. The molecule has 1 spiro atoms. The molecule has 1 N–H and O–H groups in total. The normalized spacial score (nSPS) is 27.0. The highest BCUT2D eigenvalue weighted by atomic mass is 32.2. The molecule has 0 unspecified atom stereocenters. The number of aryl methyl sites for hydroxylation is 1. The van der Waals surface area contributed by atoms with Crippen molar-refractivity contribution in [2.45, 2.75) is 44.7 Å². The summed E-state index contributed by atoms with van der Waals surface area (Å²) in [6.45, 7) is 3.90. The molecule has 2 heterocycles. The van der Waals surface area contributed by atoms with Crippen LogP contribution in [0.15, 0.2) is 24.3 Å². The molecule has 4 rings (SSSR count). The second-order valence-electron chi connectivity index (χ2n) is 8.88. The van der Waals surface area contributed by atoms with Crippen LogP contribution in [0.3, 0.4) is 0 Å². The zero-order valence-corrected chi connectivity index (χ0v) is 18.1. The predicted molar refractivity (Wildman–Crippen MR) is 110 cm³/mol. The molecule has 9 heteroatoms. The van der Waals surface area contributed by atoms with E-state index in [0.29, 0.717) is 25.8 Å². The van der Waals surface area contributed by atoms with Crippen LogP contribution in [-0.2, 0) is 31.4 Å². The lowest BCUT2D eigenvalue weighted by Crippen LogP contribution is -2.49. The molecule has 162 valence electrons. The van der Waals surface area contributed by atoms with Gasteiger partial charge in [0.2, 0.25) is 5.91 Å². The number of amides is 4. The Labute approximate surface area is 176 Å². The topological polar surface area (TPSA) is 104 Å². The Balaban J connectivity index is 1.55. The standard InChI is InChI=1S/C21H27N3O5S/c1-14(2)11-23(16-8-10-30(28,29)13-16)18(25)12-24-19(26)21(22-20(24)27)9-7-15-5-3-4-6-17(15)21/h3-6,14,16H,7-13H2,1-2H3,(H,22,27)/t16-,21+/m0/s1. The molecule has 0 saturated carbocycles. The Morgan fingerprint density at radius 3 is 2.70 bits per heavy atom. The maximum atomic E-state index is 13.3. The molecule has 4 amide bonds. The summed E-state index contributed by atoms with van der Waals surface area (Å²) in [5.41, 5.74) is 0.712. The average Bonchev–Trinajstić information content (AvgIpc) is 3.30. The van der Waals surface area contributed by atoms with Crippen LogP contribution in [0.25, 0.3) is 0 Å². The minimum absolute atomic E-state index is 0.0581. The quantitative estimate of drug-likeness (QED) is 0.699. The number of carbonyl (C=O) groups is 3. The fourth-order valence-electron chi connectivity index (χ4n) is 4.83. The number of imide groups is 1. The van der Waals surface area contributed by atoms with Crippen LogP contribution in [0, 0.1) is 5.92 Å². The molecule has 1 aromatic carbocycles. The number of hydrogen-bond donors (Lipinski definition) is 1. The molecule has 30 heavy (non-hydrogen) atoms. The number of urea groups is 1. The van der Waals surface area contributed by atoms with E-state index in [1.807, 2.05) is 38.1 Å². The molecule has 2 aliphatic heterocycles. The summed E-state index contributed by atoms with van der Waals surface area (Å²) >= 11 is 0. The van der Waals surface area contributed by atoms with Gasteiger partial charge in [-0.2, -0.15) is 0 Å². The van der Waals surface area contributed by atoms with Gasteiger partial charge in [0.05, 0.1) is 11.5 Å². The molecule has 8 nitrogen and oxygen atoms in total. The van der Waals surface area contributed by atoms with Gasteiger partial charge in [-0.25, -0.2) is 13.2 Å². The summed E-state index contributed by atoms with van der Waals surface area (Å²) in [5, 5.41) is 2.82. The molecule has 3 aliphatic rings. The Bertz CT molecular complexity index is 1010. The lowest BCUT2D eigenvalue weighted by Gasteiger charge is -2.31. The van der Waals surface area contributed by atoms with Gasteiger partial charge in [0.1, 0.15) is 12.1 Å². The molecule has 1 aliphatic carbocycles. The second kappa shape index (κ2) is 7.37. The molecule has 1 aromatic rings. The molecule has 2 fully saturated rings. The molecule has 0 bridgehead atoms. The van der Waals surface area contributed by atoms with Crippen LogP contribution in [0.1, 0.15) is 37.8 Å². The first-order valence-electron chi connectivity index (χ1n) is 10.4. The first-order valence-corrected chi connectivity index (χ1v) is 12.2. The van der Waals surface area contributed by atoms with Crippen molar-refractivity contribution in [2.24, 2.45) is 5.92 Å². The lowest BCUT2D eigenvalue weighted by molar-refractivity contribution is -0.140. The summed E-state index contributed by atoms with van der Waals surface area (Å²) in [6.07, 6.45) is 1.54. The van der Waals surface area contributed by atoms with E-state index in [0.717, 1.165) is 16.0 Å². The fraction of sp³-hybridized carbons (Fsp3) is 0.571. The van der Waals surface area contributed by atoms with Crippen molar-refractivity contribution in [3.8, 4) is 0 Å². The van der Waals surface area contributed by atoms with E-state index in [1.54, 1.807) is 4.90 Å². The van der Waals surface area contributed by atoms with E-state index in [1.165, 1.54) is 0 Å². The summed E-state index contributed by atoms with van der Waals surface area (Å²) in [7, 11) is -3.16. The highest BCUT2D eigenvalue weighted by Crippen LogP contribution is 2.41. The SMILES string of the molecule is CC(C)CN(C(=O)CN1C(=O)N[C@@]2(CCc3ccccc32)C1=O)[C@H]1CCS(=O)(=O)C1. The van der Waals surface area contributed by atoms with E-state index in [9.17, 15) is 22.8 Å². The third-order valence-electron chi connectivity index (χ3n) is 6.25. The van der Waals surface area contributed by atoms with Gasteiger partial charge in [-0.3, -0.25) is 14.5 Å². The smallest absolute Gasteiger partial charge is 0.325 e. The number of hydrogen-bond acceptors (Lipinski definition) is 5. The van der Waals surface area contributed by atoms with E-state index < -0.39 is 39.3 Å². The summed E-state index contributed by atoms with van der Waals surface area (Å²) in [4.78, 5) is 41.6. The lowest BCUT2D eigenvalue weighted by atomic mass is 9.92. The van der Waals surface area contributed by atoms with Gasteiger partial charge in [0, 0.05) is 12.6 Å². The Kier molecular flexibility index (Phi) is 5.12. The number of nitrogens with one attached hydrogen (secondary N) is 1. The van der Waals surface area contributed by atoms with Crippen molar-refractivity contribution >= 4 is 27.7 Å². The van der Waals surface area contributed by atoms with Crippen LogP contribution in [0.4, 0.5) is 4.79 Å². The van der Waals surface area contributed by atoms with Gasteiger partial charge in [-0.05, 0) is 36.3 Å². The van der Waals surface area contributed by atoms with Crippen LogP contribution >= 0.6 is 0 Å². The average molecular weight is 434 g/mol. The summed E-state index contributed by atoms with van der Waals surface area (Å²) in [5.74, 6) is -0.675. The molecule has 0 radical (unpaired) electrons. The van der Waals surface area contributed by atoms with Crippen LogP contribution in [0.2, 0.25) is 0 Å². The van der Waals surface area contributed by atoms with Crippen molar-refractivity contribution in [1.82, 2.24) is 15.1 Å². The van der Waals surface area contributed by atoms with Crippen LogP contribution in [0.5, 0.6) is 0 Å². The molecule has 2 atom stereocenters. The zero-order chi connectivity index (χ0) is 21.7. The van der Waals surface area contributed by atoms with Gasteiger partial charge >= 0.3 is 6.03 Å². The zero-order valence-electron chi connectivity index (χ0n) is 17.3. The van der Waals surface area contributed by atoms with Gasteiger partial charge in [-0.1, -0.05) is 38.1 Å². The number of rotatable bonds is 5. The van der Waals surface area contributed by atoms with E-state index in [-0.39, 0.29) is 24.0 Å². The largest absolute Gasteiger partial charge is 0.337 e. The van der Waals surface area contributed by atoms with Gasteiger partial charge in [0.25, 0.3) is 5.91 Å². The Morgan fingerprint density at radius 1 is 1.30 bits per heavy atom. The van der Waals surface area contributed by atoms with Gasteiger partial charge in [-0.15, -0.1) is 0 Å². The van der Waals surface area contributed by atoms with Crippen LogP contribution in [-0.4, -0.2) is 66.7 Å². The maximum absolute atomic E-state index is 13.3. The van der Waals surface area contributed by atoms with E-state index >= 15 is 0 Å². The van der Waals surface area contributed by atoms with Crippen molar-refractivity contribution in [2.75, 3.05) is 24.6 Å². The number of nitrogens with zero attached hydrogens (tertiary/aromatic N) is 2. The minimum atomic E-state index is -3.16. The maximum Gasteiger partial charge on any atom is 0.325 e. The van der Waals surface area contributed by atoms with Gasteiger partial charge < -0.3 is 10.2 Å². The van der Waals surface area contributed by atoms with E-state index in [4.69, 9.17) is 0 Å². The fourth-order valence-corrected chi connectivity index (χ4v) is 6.56. The Hall–Kier alpha value is -2.42. The highest BCUT2D eigenvalue weighted by molar-refractivity contribution is 7.91. The molecule has 2 saturated heterocycles. The summed E-state index contributed by atoms with van der Waals surface area (Å²) < 4.78 is 23.8. The minimum Gasteiger partial charge on any atom is -0.337 e. The molecule has 0 aromatic heterocycles. The van der Waals surface area contributed by atoms with Crippen molar-refractivity contribution in [1.29, 1.82) is 0 Å². The molecular formula is C21H27N3O5S. The van der Waals surface area contributed by atoms with Crippen molar-refractivity contribution in [3.63, 3.8) is 0 Å². The molecular weight excluding hydrogens is 406 g/mol. The number of fused-ring (bicyclic) bond motifs is 2. The monoisotopic (exact) mass is 433 g/mol. The first kappa shape index (κ1) is 20.8. The first-order chi connectivity index (χ1) is 14.1. The van der Waals surface area contributed by atoms with E-state index in [2.05, 4.69) is 5.32 Å². The van der Waals surface area contributed by atoms with Gasteiger partial charge in [0.15, 0.2) is 9.84 Å². The Morgan fingerprint density at radius 2 is 2.03 bits per heavy atom. The summed E-state index contributed by atoms with van der Waals surface area (Å²) in [6, 6.07) is 6.55. The predicted octanol–water partition coefficient (Wildman–Crippen LogP) is 1.05. The van der Waals surface area contributed by atoms with Crippen molar-refractivity contribution < 1.29 is 22.8 Å². The highest BCUT2D eigenvalue weighted by Gasteiger charge is 2.55. The third kappa shape index (κ3) is 3.49. The second-order valence-corrected chi connectivity index (χ2v) is 11.1. The number of carbonyl (C=O) groups excluding carboxylic acids is 3. The number of benzene rings is 1. The number of sulfone groups is 1. The van der Waals surface area contributed by atoms with Crippen LogP contribution < -0.4 is 5.32 Å².